The molecule has 1 aromatic carbocycles. The Hall–Kier alpha value is -1.02. The Kier molecular flexibility index (Phi) is 2.49. The highest BCUT2D eigenvalue weighted by molar-refractivity contribution is 6.30. The van der Waals surface area contributed by atoms with Crippen molar-refractivity contribution >= 4 is 17.5 Å². The Balaban J connectivity index is 2.74. The molecule has 0 atom stereocenters. The molecule has 58 valence electrons. The number of amides is 1. The van der Waals surface area contributed by atoms with Crippen LogP contribution in [0.4, 0.5) is 0 Å². The minimum atomic E-state index is -0.327. The van der Waals surface area contributed by atoms with Crippen molar-refractivity contribution in [3.63, 3.8) is 0 Å². The predicted octanol–water partition coefficient (Wildman–Crippen LogP) is 1.37. The molecule has 11 heavy (non-hydrogen) atoms. The third kappa shape index (κ3) is 2.60. The van der Waals surface area contributed by atoms with Crippen molar-refractivity contribution in [1.82, 2.24) is 0 Å². The zero-order valence-electron chi connectivity index (χ0n) is 5.88. The van der Waals surface area contributed by atoms with Gasteiger partial charge in [0, 0.05) is 5.02 Å². The van der Waals surface area contributed by atoms with E-state index in [0.29, 0.717) is 5.02 Å². The molecule has 0 spiro atoms. The van der Waals surface area contributed by atoms with Gasteiger partial charge in [0.05, 0.1) is 6.42 Å². The summed E-state index contributed by atoms with van der Waals surface area (Å²) in [5, 5.41) is 0.665. The standard InChI is InChI=1S/C8H8ClNO/c9-7-3-1-6(2-4-7)5-8(10)11/h1-4H,5H2,(H2,10,11). The maximum atomic E-state index is 10.4. The number of benzene rings is 1. The average Bonchev–Trinajstić information content (AvgIpc) is 1.93. The van der Waals surface area contributed by atoms with E-state index in [-0.39, 0.29) is 12.3 Å². The van der Waals surface area contributed by atoms with E-state index in [2.05, 4.69) is 0 Å². The maximum absolute atomic E-state index is 10.4. The van der Waals surface area contributed by atoms with Crippen molar-refractivity contribution in [3.05, 3.63) is 34.9 Å². The Morgan fingerprint density at radius 2 is 1.91 bits per heavy atom. The summed E-state index contributed by atoms with van der Waals surface area (Å²) in [6, 6.07) is 7.04. The lowest BCUT2D eigenvalue weighted by atomic mass is 10.1. The molecule has 0 fully saturated rings. The second-order valence-corrected chi connectivity index (χ2v) is 2.71. The van der Waals surface area contributed by atoms with Crippen LogP contribution in [-0.4, -0.2) is 5.91 Å². The first-order valence-corrected chi connectivity index (χ1v) is 3.59. The van der Waals surface area contributed by atoms with Crippen molar-refractivity contribution in [2.24, 2.45) is 5.73 Å². The summed E-state index contributed by atoms with van der Waals surface area (Å²) >= 11 is 5.63. The van der Waals surface area contributed by atoms with E-state index >= 15 is 0 Å². The number of hydrogen-bond acceptors (Lipinski definition) is 1. The van der Waals surface area contributed by atoms with Crippen molar-refractivity contribution in [2.45, 2.75) is 6.42 Å². The first-order valence-electron chi connectivity index (χ1n) is 3.21. The molecule has 0 saturated heterocycles. The Morgan fingerprint density at radius 1 is 1.36 bits per heavy atom. The van der Waals surface area contributed by atoms with Crippen LogP contribution in [0.5, 0.6) is 0 Å². The van der Waals surface area contributed by atoms with Gasteiger partial charge in [-0.3, -0.25) is 4.79 Å². The Morgan fingerprint density at radius 3 is 2.36 bits per heavy atom. The molecular formula is C8H8ClNO. The van der Waals surface area contributed by atoms with Crippen molar-refractivity contribution in [3.8, 4) is 0 Å². The van der Waals surface area contributed by atoms with E-state index < -0.39 is 0 Å². The zero-order chi connectivity index (χ0) is 8.27. The van der Waals surface area contributed by atoms with E-state index in [1.165, 1.54) is 0 Å². The molecule has 0 saturated carbocycles. The van der Waals surface area contributed by atoms with Crippen LogP contribution in [0.3, 0.4) is 0 Å². The second-order valence-electron chi connectivity index (χ2n) is 2.27. The second kappa shape index (κ2) is 3.39. The molecule has 0 aliphatic rings. The quantitative estimate of drug-likeness (QED) is 0.714. The maximum Gasteiger partial charge on any atom is 0.221 e. The van der Waals surface area contributed by atoms with Gasteiger partial charge in [0.25, 0.3) is 0 Å². The highest BCUT2D eigenvalue weighted by Crippen LogP contribution is 2.09. The van der Waals surface area contributed by atoms with Crippen LogP contribution < -0.4 is 5.73 Å². The number of halogens is 1. The molecule has 0 radical (unpaired) electrons. The van der Waals surface area contributed by atoms with Crippen molar-refractivity contribution in [2.75, 3.05) is 0 Å². The molecule has 1 rings (SSSR count). The minimum Gasteiger partial charge on any atom is -0.369 e. The third-order valence-electron chi connectivity index (χ3n) is 1.29. The molecule has 0 aromatic heterocycles. The predicted molar refractivity (Wildman–Crippen MR) is 44.4 cm³/mol. The first kappa shape index (κ1) is 8.08. The monoisotopic (exact) mass is 169 g/mol. The van der Waals surface area contributed by atoms with E-state index in [1.807, 2.05) is 0 Å². The van der Waals surface area contributed by atoms with Gasteiger partial charge in [0.15, 0.2) is 0 Å². The molecule has 0 aliphatic heterocycles. The Bertz CT molecular complexity index is 255. The summed E-state index contributed by atoms with van der Waals surface area (Å²) in [4.78, 5) is 10.4. The molecule has 0 aliphatic carbocycles. The van der Waals surface area contributed by atoms with Gasteiger partial charge in [-0.15, -0.1) is 0 Å². The fourth-order valence-electron chi connectivity index (χ4n) is 0.803. The van der Waals surface area contributed by atoms with Crippen molar-refractivity contribution in [1.29, 1.82) is 0 Å². The summed E-state index contributed by atoms with van der Waals surface area (Å²) in [5.74, 6) is -0.327. The van der Waals surface area contributed by atoms with Gasteiger partial charge in [-0.25, -0.2) is 0 Å². The fraction of sp³-hybridized carbons (Fsp3) is 0.125. The van der Waals surface area contributed by atoms with Gasteiger partial charge < -0.3 is 5.73 Å². The van der Waals surface area contributed by atoms with Gasteiger partial charge in [-0.1, -0.05) is 23.7 Å². The summed E-state index contributed by atoms with van der Waals surface area (Å²) in [5.41, 5.74) is 5.88. The van der Waals surface area contributed by atoms with E-state index in [0.717, 1.165) is 5.56 Å². The normalized spacial score (nSPS) is 9.55. The molecule has 0 unspecified atom stereocenters. The lowest BCUT2D eigenvalue weighted by molar-refractivity contribution is -0.117. The number of carbonyl (C=O) groups excluding carboxylic acids is 1. The van der Waals surface area contributed by atoms with Crippen LogP contribution in [0, 0.1) is 0 Å². The van der Waals surface area contributed by atoms with Gasteiger partial charge in [0.2, 0.25) is 5.91 Å². The Labute approximate surface area is 70.0 Å². The van der Waals surface area contributed by atoms with Crippen LogP contribution >= 0.6 is 11.6 Å². The summed E-state index contributed by atoms with van der Waals surface area (Å²) in [6.07, 6.45) is 0.275. The van der Waals surface area contributed by atoms with Crippen LogP contribution in [-0.2, 0) is 11.2 Å². The van der Waals surface area contributed by atoms with Crippen molar-refractivity contribution < 1.29 is 4.79 Å². The third-order valence-corrected chi connectivity index (χ3v) is 1.54. The van der Waals surface area contributed by atoms with Gasteiger partial charge >= 0.3 is 0 Å². The first-order chi connectivity index (χ1) is 5.18. The van der Waals surface area contributed by atoms with Crippen LogP contribution in [0.25, 0.3) is 0 Å². The van der Waals surface area contributed by atoms with Gasteiger partial charge in [-0.2, -0.15) is 0 Å². The molecule has 2 nitrogen and oxygen atoms in total. The number of primary amides is 1. The lowest BCUT2D eigenvalue weighted by Gasteiger charge is -1.95. The fourth-order valence-corrected chi connectivity index (χ4v) is 0.929. The van der Waals surface area contributed by atoms with Gasteiger partial charge in [0.1, 0.15) is 0 Å². The number of rotatable bonds is 2. The number of carbonyl (C=O) groups is 1. The molecule has 2 N–H and O–H groups in total. The summed E-state index contributed by atoms with van der Waals surface area (Å²) in [7, 11) is 0. The van der Waals surface area contributed by atoms with E-state index in [9.17, 15) is 4.79 Å². The van der Waals surface area contributed by atoms with Crippen LogP contribution in [0.2, 0.25) is 5.02 Å². The molecule has 0 bridgehead atoms. The summed E-state index contributed by atoms with van der Waals surface area (Å²) in [6.45, 7) is 0. The average molecular weight is 170 g/mol. The number of nitrogens with two attached hydrogens (primary N) is 1. The lowest BCUT2D eigenvalue weighted by Crippen LogP contribution is -2.13. The number of hydrogen-bond donors (Lipinski definition) is 1. The van der Waals surface area contributed by atoms with E-state index in [4.69, 9.17) is 17.3 Å². The minimum absolute atomic E-state index is 0.275. The molecule has 0 heterocycles. The van der Waals surface area contributed by atoms with Gasteiger partial charge in [-0.05, 0) is 17.7 Å². The van der Waals surface area contributed by atoms with Crippen LogP contribution in [0.1, 0.15) is 5.56 Å². The summed E-state index contributed by atoms with van der Waals surface area (Å²) < 4.78 is 0. The molecule has 1 aromatic rings. The SMILES string of the molecule is NC(=O)Cc1ccc(Cl)cc1. The highest BCUT2D eigenvalue weighted by Gasteiger charge is 1.96. The zero-order valence-corrected chi connectivity index (χ0v) is 6.64. The smallest absolute Gasteiger partial charge is 0.221 e. The molecular weight excluding hydrogens is 162 g/mol. The molecule has 3 heteroatoms. The van der Waals surface area contributed by atoms with E-state index in [1.54, 1.807) is 24.3 Å². The largest absolute Gasteiger partial charge is 0.369 e. The molecule has 1 amide bonds. The van der Waals surface area contributed by atoms with Crippen LogP contribution in [0.15, 0.2) is 24.3 Å². The highest BCUT2D eigenvalue weighted by atomic mass is 35.5. The topological polar surface area (TPSA) is 43.1 Å².